The fourth-order valence-corrected chi connectivity index (χ4v) is 2.74. The van der Waals surface area contributed by atoms with Gasteiger partial charge in [0.25, 0.3) is 5.69 Å². The van der Waals surface area contributed by atoms with Gasteiger partial charge in [-0.3, -0.25) is 15.0 Å². The number of non-ortho nitro benzene ring substituents is 1. The molecule has 0 bridgehead atoms. The molecule has 0 radical (unpaired) electrons. The van der Waals surface area contributed by atoms with Crippen LogP contribution in [0.3, 0.4) is 0 Å². The number of nitro benzene ring substituents is 1. The Morgan fingerprint density at radius 3 is 3.05 bits per heavy atom. The van der Waals surface area contributed by atoms with Crippen LogP contribution in [0.15, 0.2) is 24.4 Å². The summed E-state index contributed by atoms with van der Waals surface area (Å²) in [6.45, 7) is 2.02. The van der Waals surface area contributed by atoms with Crippen LogP contribution in [-0.4, -0.2) is 26.3 Å². The Bertz CT molecular complexity index is 737. The number of nitrogens with two attached hydrogens (primary N) is 1. The molecule has 1 aromatic carbocycles. The third-order valence-electron chi connectivity index (χ3n) is 3.67. The quantitative estimate of drug-likeness (QED) is 0.687. The highest BCUT2D eigenvalue weighted by Gasteiger charge is 2.20. The van der Waals surface area contributed by atoms with E-state index >= 15 is 0 Å². The van der Waals surface area contributed by atoms with Crippen LogP contribution in [-0.2, 0) is 19.5 Å². The van der Waals surface area contributed by atoms with Crippen LogP contribution in [0.1, 0.15) is 16.8 Å². The van der Waals surface area contributed by atoms with Crippen LogP contribution in [0, 0.1) is 10.1 Å². The highest BCUT2D eigenvalue weighted by Crippen LogP contribution is 2.25. The summed E-state index contributed by atoms with van der Waals surface area (Å²) in [6.07, 6.45) is 2.51. The summed E-state index contributed by atoms with van der Waals surface area (Å²) in [4.78, 5) is 20.9. The highest BCUT2D eigenvalue weighted by molar-refractivity contribution is 6.31. The molecular weight excluding hydrogens is 306 g/mol. The first-order valence-electron chi connectivity index (χ1n) is 6.78. The van der Waals surface area contributed by atoms with Gasteiger partial charge in [0.1, 0.15) is 0 Å². The topological polar surface area (TPSA) is 98.2 Å². The molecule has 0 unspecified atom stereocenters. The average Bonchev–Trinajstić information content (AvgIpc) is 2.49. The molecule has 2 N–H and O–H groups in total. The molecule has 114 valence electrons. The summed E-state index contributed by atoms with van der Waals surface area (Å²) >= 11 is 6.15. The smallest absolute Gasteiger partial charge is 0.269 e. The molecule has 1 aromatic heterocycles. The predicted octanol–water partition coefficient (Wildman–Crippen LogP) is 2.18. The Balaban J connectivity index is 1.79. The number of nitrogens with zero attached hydrogens (tertiary/aromatic N) is 4. The number of nitrogen functional groups attached to an aromatic ring is 1. The Kier molecular flexibility index (Phi) is 3.91. The van der Waals surface area contributed by atoms with Gasteiger partial charge in [-0.1, -0.05) is 11.6 Å². The maximum atomic E-state index is 10.9. The average molecular weight is 320 g/mol. The molecule has 0 saturated carbocycles. The summed E-state index contributed by atoms with van der Waals surface area (Å²) in [5, 5.41) is 11.4. The molecule has 0 saturated heterocycles. The molecule has 0 atom stereocenters. The lowest BCUT2D eigenvalue weighted by Crippen LogP contribution is -2.31. The number of fused-ring (bicyclic) bond motifs is 1. The molecule has 1 aliphatic rings. The van der Waals surface area contributed by atoms with Gasteiger partial charge in [0.15, 0.2) is 0 Å². The van der Waals surface area contributed by atoms with Crippen molar-refractivity contribution < 1.29 is 4.92 Å². The predicted molar refractivity (Wildman–Crippen MR) is 82.4 cm³/mol. The van der Waals surface area contributed by atoms with Gasteiger partial charge in [-0.15, -0.1) is 0 Å². The fraction of sp³-hybridized carbons (Fsp3) is 0.286. The van der Waals surface area contributed by atoms with Gasteiger partial charge in [-0.2, -0.15) is 0 Å². The van der Waals surface area contributed by atoms with Crippen LogP contribution in [0.25, 0.3) is 0 Å². The van der Waals surface area contributed by atoms with Gasteiger partial charge >= 0.3 is 0 Å². The number of benzene rings is 1. The lowest BCUT2D eigenvalue weighted by molar-refractivity contribution is -0.384. The van der Waals surface area contributed by atoms with Crippen molar-refractivity contribution in [3.8, 4) is 0 Å². The number of anilines is 1. The molecule has 7 nitrogen and oxygen atoms in total. The molecule has 1 aliphatic heterocycles. The minimum absolute atomic E-state index is 0.0490. The van der Waals surface area contributed by atoms with E-state index in [9.17, 15) is 10.1 Å². The van der Waals surface area contributed by atoms with E-state index in [1.807, 2.05) is 0 Å². The van der Waals surface area contributed by atoms with Gasteiger partial charge in [-0.25, -0.2) is 9.97 Å². The monoisotopic (exact) mass is 319 g/mol. The van der Waals surface area contributed by atoms with Crippen molar-refractivity contribution in [2.75, 3.05) is 12.3 Å². The molecule has 0 amide bonds. The minimum atomic E-state index is -0.415. The zero-order valence-corrected chi connectivity index (χ0v) is 12.5. The Morgan fingerprint density at radius 1 is 1.45 bits per heavy atom. The van der Waals surface area contributed by atoms with Crippen LogP contribution in [0.5, 0.6) is 0 Å². The van der Waals surface area contributed by atoms with Gasteiger partial charge < -0.3 is 5.73 Å². The number of halogens is 1. The summed E-state index contributed by atoms with van der Waals surface area (Å²) in [7, 11) is 0. The number of hydrogen-bond acceptors (Lipinski definition) is 6. The van der Waals surface area contributed by atoms with E-state index in [4.69, 9.17) is 17.3 Å². The van der Waals surface area contributed by atoms with E-state index in [0.29, 0.717) is 18.1 Å². The van der Waals surface area contributed by atoms with E-state index in [2.05, 4.69) is 14.9 Å². The van der Waals surface area contributed by atoms with Crippen molar-refractivity contribution in [1.29, 1.82) is 0 Å². The van der Waals surface area contributed by atoms with Crippen molar-refractivity contribution in [3.05, 3.63) is 56.4 Å². The van der Waals surface area contributed by atoms with Gasteiger partial charge in [0, 0.05) is 55.0 Å². The molecule has 0 spiro atoms. The largest absolute Gasteiger partial charge is 0.368 e. The second-order valence-electron chi connectivity index (χ2n) is 5.19. The van der Waals surface area contributed by atoms with E-state index in [1.165, 1.54) is 12.1 Å². The Morgan fingerprint density at radius 2 is 2.27 bits per heavy atom. The van der Waals surface area contributed by atoms with Gasteiger partial charge in [0.2, 0.25) is 5.95 Å². The zero-order valence-electron chi connectivity index (χ0n) is 11.7. The summed E-state index contributed by atoms with van der Waals surface area (Å²) in [5.41, 5.74) is 8.38. The third-order valence-corrected chi connectivity index (χ3v) is 4.03. The number of rotatable bonds is 3. The van der Waals surface area contributed by atoms with E-state index in [-0.39, 0.29) is 11.6 Å². The first-order valence-corrected chi connectivity index (χ1v) is 7.16. The van der Waals surface area contributed by atoms with E-state index < -0.39 is 4.92 Å². The lowest BCUT2D eigenvalue weighted by Gasteiger charge is -2.28. The van der Waals surface area contributed by atoms with E-state index in [0.717, 1.165) is 29.8 Å². The van der Waals surface area contributed by atoms with Crippen LogP contribution in [0.4, 0.5) is 11.6 Å². The third kappa shape index (κ3) is 3.00. The van der Waals surface area contributed by atoms with Gasteiger partial charge in [0.05, 0.1) is 10.6 Å². The fourth-order valence-electron chi connectivity index (χ4n) is 2.56. The molecule has 22 heavy (non-hydrogen) atoms. The Hall–Kier alpha value is -2.25. The SMILES string of the molecule is Nc1ncc2c(n1)CCN(Cc1cc([N+](=O)[O-])ccc1Cl)C2. The van der Waals surface area contributed by atoms with Crippen molar-refractivity contribution in [1.82, 2.24) is 14.9 Å². The molecule has 2 heterocycles. The molecule has 8 heteroatoms. The number of nitro groups is 1. The second-order valence-corrected chi connectivity index (χ2v) is 5.60. The first-order chi connectivity index (χ1) is 10.5. The summed E-state index contributed by atoms with van der Waals surface area (Å²) in [6, 6.07) is 4.50. The summed E-state index contributed by atoms with van der Waals surface area (Å²) < 4.78 is 0. The summed E-state index contributed by atoms with van der Waals surface area (Å²) in [5.74, 6) is 0.286. The van der Waals surface area contributed by atoms with Gasteiger partial charge in [-0.05, 0) is 11.6 Å². The minimum Gasteiger partial charge on any atom is -0.368 e. The molecule has 0 fully saturated rings. The van der Waals surface area contributed by atoms with E-state index in [1.54, 1.807) is 12.3 Å². The first kappa shape index (κ1) is 14.7. The second kappa shape index (κ2) is 5.86. The van der Waals surface area contributed by atoms with Crippen molar-refractivity contribution in [2.45, 2.75) is 19.5 Å². The maximum absolute atomic E-state index is 10.9. The normalized spacial score (nSPS) is 14.6. The molecule has 3 rings (SSSR count). The molecular formula is C14H14ClN5O2. The van der Waals surface area contributed by atoms with Crippen molar-refractivity contribution in [3.63, 3.8) is 0 Å². The number of hydrogen-bond donors (Lipinski definition) is 1. The lowest BCUT2D eigenvalue weighted by atomic mass is 10.1. The maximum Gasteiger partial charge on any atom is 0.269 e. The van der Waals surface area contributed by atoms with Crippen LogP contribution >= 0.6 is 11.6 Å². The number of aromatic nitrogens is 2. The highest BCUT2D eigenvalue weighted by atomic mass is 35.5. The van der Waals surface area contributed by atoms with Crippen molar-refractivity contribution >= 4 is 23.2 Å². The van der Waals surface area contributed by atoms with Crippen LogP contribution < -0.4 is 5.73 Å². The Labute approximate surface area is 131 Å². The van der Waals surface area contributed by atoms with Crippen LogP contribution in [0.2, 0.25) is 5.02 Å². The molecule has 0 aliphatic carbocycles. The molecule has 2 aromatic rings. The van der Waals surface area contributed by atoms with Crippen molar-refractivity contribution in [2.24, 2.45) is 0 Å². The standard InChI is InChI=1S/C14H14ClN5O2/c15-12-2-1-11(20(21)22)5-9(12)7-19-4-3-13-10(8-19)6-17-14(16)18-13/h1-2,5-6H,3-4,7-8H2,(H2,16,17,18). The zero-order chi connectivity index (χ0) is 15.7.